The summed E-state index contributed by atoms with van der Waals surface area (Å²) >= 11 is 0. The molecule has 0 unspecified atom stereocenters. The van der Waals surface area contributed by atoms with Gasteiger partial charge in [0.2, 0.25) is 0 Å². The number of carbonyl (C=O) groups excluding carboxylic acids is 1. The summed E-state index contributed by atoms with van der Waals surface area (Å²) in [6, 6.07) is 14.7. The third kappa shape index (κ3) is 4.03. The van der Waals surface area contributed by atoms with Crippen molar-refractivity contribution in [3.63, 3.8) is 0 Å². The molecule has 2 aromatic heterocycles. The number of hydrogen-bond acceptors (Lipinski definition) is 4. The van der Waals surface area contributed by atoms with Gasteiger partial charge in [0.05, 0.1) is 11.7 Å². The fourth-order valence-corrected chi connectivity index (χ4v) is 2.50. The molecular weight excluding hydrogens is 326 g/mol. The van der Waals surface area contributed by atoms with Crippen LogP contribution in [-0.4, -0.2) is 32.9 Å². The minimum Gasteiger partial charge on any atom is -0.319 e. The SMILES string of the molecule is Cc1ccnc(-c2ccc(NC(=O)N(C)[C@H](C)c3ccccn3)cc2)n1. The number of aryl methyl sites for hydroxylation is 1. The number of urea groups is 1. The van der Waals surface area contributed by atoms with Crippen molar-refractivity contribution in [3.05, 3.63) is 72.3 Å². The van der Waals surface area contributed by atoms with Crippen molar-refractivity contribution in [2.24, 2.45) is 0 Å². The Labute approximate surface area is 153 Å². The number of rotatable bonds is 4. The monoisotopic (exact) mass is 347 g/mol. The first-order valence-corrected chi connectivity index (χ1v) is 8.39. The molecular formula is C20H21N5O. The molecule has 0 aliphatic rings. The third-order valence-corrected chi connectivity index (χ3v) is 4.21. The second kappa shape index (κ2) is 7.74. The molecule has 1 aromatic carbocycles. The lowest BCUT2D eigenvalue weighted by atomic mass is 10.2. The van der Waals surface area contributed by atoms with Gasteiger partial charge in [-0.05, 0) is 56.3 Å². The Kier molecular flexibility index (Phi) is 5.22. The van der Waals surface area contributed by atoms with E-state index in [0.717, 1.165) is 17.0 Å². The quantitative estimate of drug-likeness (QED) is 0.772. The van der Waals surface area contributed by atoms with E-state index in [0.29, 0.717) is 11.5 Å². The summed E-state index contributed by atoms with van der Waals surface area (Å²) in [5, 5.41) is 2.90. The van der Waals surface area contributed by atoms with E-state index in [-0.39, 0.29) is 12.1 Å². The van der Waals surface area contributed by atoms with E-state index in [2.05, 4.69) is 20.3 Å². The minimum atomic E-state index is -0.192. The number of amides is 2. The summed E-state index contributed by atoms with van der Waals surface area (Å²) in [6.45, 7) is 3.87. The van der Waals surface area contributed by atoms with Crippen LogP contribution < -0.4 is 5.32 Å². The average molecular weight is 347 g/mol. The van der Waals surface area contributed by atoms with Crippen LogP contribution in [-0.2, 0) is 0 Å². The lowest BCUT2D eigenvalue weighted by molar-refractivity contribution is 0.207. The van der Waals surface area contributed by atoms with Gasteiger partial charge in [0.25, 0.3) is 0 Å². The molecule has 0 bridgehead atoms. The number of aromatic nitrogens is 3. The van der Waals surface area contributed by atoms with Crippen LogP contribution in [0.2, 0.25) is 0 Å². The van der Waals surface area contributed by atoms with Crippen molar-refractivity contribution in [3.8, 4) is 11.4 Å². The van der Waals surface area contributed by atoms with Gasteiger partial charge in [-0.25, -0.2) is 14.8 Å². The Morgan fingerprint density at radius 1 is 1.04 bits per heavy atom. The number of hydrogen-bond donors (Lipinski definition) is 1. The molecule has 0 fully saturated rings. The van der Waals surface area contributed by atoms with Gasteiger partial charge in [-0.15, -0.1) is 0 Å². The van der Waals surface area contributed by atoms with Gasteiger partial charge < -0.3 is 10.2 Å². The van der Waals surface area contributed by atoms with Crippen molar-refractivity contribution in [2.75, 3.05) is 12.4 Å². The zero-order valence-electron chi connectivity index (χ0n) is 15.0. The highest BCUT2D eigenvalue weighted by Gasteiger charge is 2.18. The Bertz CT molecular complexity index is 880. The van der Waals surface area contributed by atoms with Gasteiger partial charge >= 0.3 is 6.03 Å². The predicted molar refractivity (Wildman–Crippen MR) is 102 cm³/mol. The summed E-state index contributed by atoms with van der Waals surface area (Å²) in [4.78, 5) is 27.1. The molecule has 2 heterocycles. The highest BCUT2D eigenvalue weighted by atomic mass is 16.2. The van der Waals surface area contributed by atoms with Crippen LogP contribution in [0.25, 0.3) is 11.4 Å². The molecule has 1 N–H and O–H groups in total. The molecule has 6 nitrogen and oxygen atoms in total. The Morgan fingerprint density at radius 2 is 1.81 bits per heavy atom. The first kappa shape index (κ1) is 17.5. The van der Waals surface area contributed by atoms with Crippen LogP contribution in [0.1, 0.15) is 24.4 Å². The summed E-state index contributed by atoms with van der Waals surface area (Å²) in [7, 11) is 1.75. The normalized spacial score (nSPS) is 11.7. The van der Waals surface area contributed by atoms with Crippen LogP contribution in [0, 0.1) is 6.92 Å². The van der Waals surface area contributed by atoms with E-state index in [1.165, 1.54) is 0 Å². The maximum Gasteiger partial charge on any atom is 0.322 e. The highest BCUT2D eigenvalue weighted by molar-refractivity contribution is 5.89. The average Bonchev–Trinajstić information content (AvgIpc) is 2.68. The van der Waals surface area contributed by atoms with Gasteiger partial charge in [-0.2, -0.15) is 0 Å². The van der Waals surface area contributed by atoms with Gasteiger partial charge in [0, 0.05) is 36.4 Å². The van der Waals surface area contributed by atoms with Crippen LogP contribution in [0.4, 0.5) is 10.5 Å². The molecule has 1 atom stereocenters. The van der Waals surface area contributed by atoms with Crippen LogP contribution in [0.3, 0.4) is 0 Å². The Morgan fingerprint density at radius 3 is 2.46 bits per heavy atom. The zero-order valence-corrected chi connectivity index (χ0v) is 15.0. The largest absolute Gasteiger partial charge is 0.322 e. The van der Waals surface area contributed by atoms with E-state index < -0.39 is 0 Å². The topological polar surface area (TPSA) is 71.0 Å². The summed E-state index contributed by atoms with van der Waals surface area (Å²) < 4.78 is 0. The van der Waals surface area contributed by atoms with E-state index >= 15 is 0 Å². The van der Waals surface area contributed by atoms with Gasteiger partial charge in [0.15, 0.2) is 5.82 Å². The fraction of sp³-hybridized carbons (Fsp3) is 0.200. The number of anilines is 1. The van der Waals surface area contributed by atoms with Gasteiger partial charge in [-0.3, -0.25) is 4.98 Å². The standard InChI is InChI=1S/C20H21N5O/c1-14-11-13-22-19(23-14)16-7-9-17(10-8-16)24-20(26)25(3)15(2)18-6-4-5-12-21-18/h4-13,15H,1-3H3,(H,24,26)/t15-/m1/s1. The molecule has 0 aliphatic carbocycles. The van der Waals surface area contributed by atoms with E-state index in [1.807, 2.05) is 62.4 Å². The molecule has 0 saturated heterocycles. The summed E-state index contributed by atoms with van der Waals surface area (Å²) in [6.07, 6.45) is 3.46. The molecule has 2 amide bonds. The predicted octanol–water partition coefficient (Wildman–Crippen LogP) is 4.07. The molecule has 0 spiro atoms. The molecule has 0 saturated carbocycles. The van der Waals surface area contributed by atoms with Gasteiger partial charge in [0.1, 0.15) is 0 Å². The van der Waals surface area contributed by atoms with E-state index in [1.54, 1.807) is 24.3 Å². The number of nitrogens with zero attached hydrogens (tertiary/aromatic N) is 4. The van der Waals surface area contributed by atoms with Crippen LogP contribution >= 0.6 is 0 Å². The molecule has 6 heteroatoms. The highest BCUT2D eigenvalue weighted by Crippen LogP contribution is 2.20. The lowest BCUT2D eigenvalue weighted by Gasteiger charge is -2.24. The van der Waals surface area contributed by atoms with Crippen LogP contribution in [0.5, 0.6) is 0 Å². The molecule has 26 heavy (non-hydrogen) atoms. The summed E-state index contributed by atoms with van der Waals surface area (Å²) in [5.74, 6) is 0.670. The number of benzene rings is 1. The Balaban J connectivity index is 1.68. The first-order valence-electron chi connectivity index (χ1n) is 8.39. The first-order chi connectivity index (χ1) is 12.5. The molecule has 0 radical (unpaired) electrons. The third-order valence-electron chi connectivity index (χ3n) is 4.21. The van der Waals surface area contributed by atoms with Crippen LogP contribution in [0.15, 0.2) is 60.9 Å². The minimum absolute atomic E-state index is 0.129. The lowest BCUT2D eigenvalue weighted by Crippen LogP contribution is -2.33. The maximum absolute atomic E-state index is 12.5. The number of carbonyl (C=O) groups is 1. The molecule has 132 valence electrons. The second-order valence-corrected chi connectivity index (χ2v) is 6.07. The van der Waals surface area contributed by atoms with Crippen molar-refractivity contribution < 1.29 is 4.79 Å². The van der Waals surface area contributed by atoms with Crippen molar-refractivity contribution in [2.45, 2.75) is 19.9 Å². The zero-order chi connectivity index (χ0) is 18.5. The van der Waals surface area contributed by atoms with Gasteiger partial charge in [-0.1, -0.05) is 6.07 Å². The van der Waals surface area contributed by atoms with E-state index in [9.17, 15) is 4.79 Å². The van der Waals surface area contributed by atoms with Crippen molar-refractivity contribution in [1.82, 2.24) is 19.9 Å². The molecule has 3 aromatic rings. The van der Waals surface area contributed by atoms with E-state index in [4.69, 9.17) is 0 Å². The molecule has 0 aliphatic heterocycles. The number of pyridine rings is 1. The summed E-state index contributed by atoms with van der Waals surface area (Å²) in [5.41, 5.74) is 3.38. The van der Waals surface area contributed by atoms with Crippen molar-refractivity contribution >= 4 is 11.7 Å². The second-order valence-electron chi connectivity index (χ2n) is 6.07. The van der Waals surface area contributed by atoms with Crippen molar-refractivity contribution in [1.29, 1.82) is 0 Å². The number of nitrogens with one attached hydrogen (secondary N) is 1. The fourth-order valence-electron chi connectivity index (χ4n) is 2.50. The smallest absolute Gasteiger partial charge is 0.319 e. The maximum atomic E-state index is 12.5. The Hall–Kier alpha value is -3.28. The molecule has 3 rings (SSSR count).